The summed E-state index contributed by atoms with van der Waals surface area (Å²) < 4.78 is 0.938. The number of hydrogen-bond donors (Lipinski definition) is 2. The minimum atomic E-state index is -0.0641. The average molecular weight is 264 g/mol. The fraction of sp³-hybridized carbons (Fsp3) is 0.333. The van der Waals surface area contributed by atoms with Gasteiger partial charge < -0.3 is 16.0 Å². The molecule has 18 heavy (non-hydrogen) atoms. The maximum absolute atomic E-state index is 11.9. The number of nitrogens with zero attached hydrogens (tertiary/aromatic N) is 2. The smallest absolute Gasteiger partial charge is 0.251 e. The third-order valence-electron chi connectivity index (χ3n) is 2.51. The SMILES string of the molecule is CN(C)CCNC(=O)c1ccc2nc(N)sc2c1. The van der Waals surface area contributed by atoms with Gasteiger partial charge in [0.1, 0.15) is 0 Å². The number of amides is 1. The zero-order valence-corrected chi connectivity index (χ0v) is 11.3. The zero-order valence-electron chi connectivity index (χ0n) is 10.4. The van der Waals surface area contributed by atoms with Crippen molar-refractivity contribution in [2.24, 2.45) is 0 Å². The molecule has 0 radical (unpaired) electrons. The Morgan fingerprint density at radius 1 is 1.50 bits per heavy atom. The highest BCUT2D eigenvalue weighted by Gasteiger charge is 2.08. The number of hydrogen-bond acceptors (Lipinski definition) is 5. The summed E-state index contributed by atoms with van der Waals surface area (Å²) in [4.78, 5) is 18.1. The van der Waals surface area contributed by atoms with Crippen molar-refractivity contribution >= 4 is 32.6 Å². The van der Waals surface area contributed by atoms with E-state index in [0.717, 1.165) is 16.8 Å². The Hall–Kier alpha value is -1.66. The van der Waals surface area contributed by atoms with Crippen molar-refractivity contribution in [2.75, 3.05) is 32.9 Å². The van der Waals surface area contributed by atoms with Gasteiger partial charge in [0.15, 0.2) is 5.13 Å². The number of benzene rings is 1. The van der Waals surface area contributed by atoms with Gasteiger partial charge in [-0.3, -0.25) is 4.79 Å². The molecule has 0 bridgehead atoms. The van der Waals surface area contributed by atoms with Gasteiger partial charge in [-0.25, -0.2) is 4.98 Å². The van der Waals surface area contributed by atoms with Crippen molar-refractivity contribution in [1.29, 1.82) is 0 Å². The van der Waals surface area contributed by atoms with Crippen LogP contribution in [-0.2, 0) is 0 Å². The Balaban J connectivity index is 2.08. The first-order chi connectivity index (χ1) is 8.56. The quantitative estimate of drug-likeness (QED) is 0.869. The van der Waals surface area contributed by atoms with E-state index in [0.29, 0.717) is 17.2 Å². The first-order valence-corrected chi connectivity index (χ1v) is 6.47. The van der Waals surface area contributed by atoms with E-state index in [9.17, 15) is 4.79 Å². The number of likely N-dealkylation sites (N-methyl/N-ethyl adjacent to an activating group) is 1. The molecule has 2 rings (SSSR count). The molecule has 0 aliphatic heterocycles. The first-order valence-electron chi connectivity index (χ1n) is 5.65. The highest BCUT2D eigenvalue weighted by molar-refractivity contribution is 7.22. The highest BCUT2D eigenvalue weighted by atomic mass is 32.1. The van der Waals surface area contributed by atoms with Gasteiger partial charge in [0, 0.05) is 18.7 Å². The van der Waals surface area contributed by atoms with Gasteiger partial charge in [-0.15, -0.1) is 0 Å². The predicted molar refractivity (Wildman–Crippen MR) is 74.9 cm³/mol. The van der Waals surface area contributed by atoms with Crippen LogP contribution in [0.1, 0.15) is 10.4 Å². The van der Waals surface area contributed by atoms with E-state index in [4.69, 9.17) is 5.73 Å². The molecule has 1 amide bonds. The molecule has 0 fully saturated rings. The van der Waals surface area contributed by atoms with Crippen LogP contribution >= 0.6 is 11.3 Å². The minimum absolute atomic E-state index is 0.0641. The van der Waals surface area contributed by atoms with E-state index >= 15 is 0 Å². The lowest BCUT2D eigenvalue weighted by atomic mass is 10.2. The molecule has 1 aromatic heterocycles. The van der Waals surface area contributed by atoms with Crippen LogP contribution in [-0.4, -0.2) is 43.0 Å². The molecule has 1 aromatic carbocycles. The summed E-state index contributed by atoms with van der Waals surface area (Å²) in [6.45, 7) is 1.45. The van der Waals surface area contributed by atoms with Crippen LogP contribution in [0.5, 0.6) is 0 Å². The standard InChI is InChI=1S/C12H16N4OS/c1-16(2)6-5-14-11(17)8-3-4-9-10(7-8)18-12(13)15-9/h3-4,7H,5-6H2,1-2H3,(H2,13,15)(H,14,17). The van der Waals surface area contributed by atoms with E-state index in [-0.39, 0.29) is 5.91 Å². The summed E-state index contributed by atoms with van der Waals surface area (Å²) >= 11 is 1.39. The minimum Gasteiger partial charge on any atom is -0.375 e. The van der Waals surface area contributed by atoms with Crippen molar-refractivity contribution in [3.63, 3.8) is 0 Å². The van der Waals surface area contributed by atoms with Gasteiger partial charge >= 0.3 is 0 Å². The van der Waals surface area contributed by atoms with Crippen molar-refractivity contribution in [2.45, 2.75) is 0 Å². The van der Waals surface area contributed by atoms with Crippen LogP contribution in [0.3, 0.4) is 0 Å². The second kappa shape index (κ2) is 5.32. The molecule has 3 N–H and O–H groups in total. The number of carbonyl (C=O) groups excluding carboxylic acids is 1. The summed E-state index contributed by atoms with van der Waals surface area (Å²) in [7, 11) is 3.94. The van der Waals surface area contributed by atoms with Gasteiger partial charge in [0.25, 0.3) is 5.91 Å². The number of nitrogen functional groups attached to an aromatic ring is 1. The van der Waals surface area contributed by atoms with Gasteiger partial charge in [-0.05, 0) is 32.3 Å². The highest BCUT2D eigenvalue weighted by Crippen LogP contribution is 2.24. The van der Waals surface area contributed by atoms with E-state index in [1.807, 2.05) is 31.1 Å². The van der Waals surface area contributed by atoms with Gasteiger partial charge in [0.05, 0.1) is 10.2 Å². The second-order valence-corrected chi connectivity index (χ2v) is 5.36. The molecule has 0 saturated carbocycles. The van der Waals surface area contributed by atoms with E-state index in [2.05, 4.69) is 10.3 Å². The summed E-state index contributed by atoms with van der Waals surface area (Å²) in [5.41, 5.74) is 7.11. The number of thiazole rings is 1. The number of carbonyl (C=O) groups is 1. The average Bonchev–Trinajstić information content (AvgIpc) is 2.67. The van der Waals surface area contributed by atoms with Gasteiger partial charge in [-0.1, -0.05) is 11.3 Å². The van der Waals surface area contributed by atoms with Gasteiger partial charge in [0.2, 0.25) is 0 Å². The molecule has 6 heteroatoms. The molecule has 0 saturated heterocycles. The number of fused-ring (bicyclic) bond motifs is 1. The monoisotopic (exact) mass is 264 g/mol. The molecule has 0 spiro atoms. The molecule has 96 valence electrons. The normalized spacial score (nSPS) is 11.1. The number of anilines is 1. The molecule has 2 aromatic rings. The Labute approximate surface area is 110 Å². The molecular formula is C12H16N4OS. The molecule has 5 nitrogen and oxygen atoms in total. The number of nitrogens with one attached hydrogen (secondary N) is 1. The van der Waals surface area contributed by atoms with Crippen LogP contribution in [0.25, 0.3) is 10.2 Å². The van der Waals surface area contributed by atoms with Crippen molar-refractivity contribution in [1.82, 2.24) is 15.2 Å². The molecule has 0 aliphatic rings. The lowest BCUT2D eigenvalue weighted by Crippen LogP contribution is -2.31. The summed E-state index contributed by atoms with van der Waals surface area (Å²) in [6, 6.07) is 5.42. The van der Waals surface area contributed by atoms with Gasteiger partial charge in [-0.2, -0.15) is 0 Å². The van der Waals surface area contributed by atoms with Crippen LogP contribution < -0.4 is 11.1 Å². The van der Waals surface area contributed by atoms with Crippen LogP contribution in [0, 0.1) is 0 Å². The van der Waals surface area contributed by atoms with Crippen LogP contribution in [0.4, 0.5) is 5.13 Å². The van der Waals surface area contributed by atoms with Crippen LogP contribution in [0.2, 0.25) is 0 Å². The fourth-order valence-corrected chi connectivity index (χ4v) is 2.35. The maximum Gasteiger partial charge on any atom is 0.251 e. The Morgan fingerprint density at radius 3 is 3.00 bits per heavy atom. The first kappa shape index (κ1) is 12.8. The van der Waals surface area contributed by atoms with Crippen molar-refractivity contribution in [3.05, 3.63) is 23.8 Å². The Bertz CT molecular complexity index is 564. The topological polar surface area (TPSA) is 71.2 Å². The number of aromatic nitrogens is 1. The third kappa shape index (κ3) is 2.96. The Kier molecular flexibility index (Phi) is 3.78. The third-order valence-corrected chi connectivity index (χ3v) is 3.36. The lowest BCUT2D eigenvalue weighted by molar-refractivity contribution is 0.0951. The van der Waals surface area contributed by atoms with E-state index in [1.165, 1.54) is 11.3 Å². The molecule has 0 atom stereocenters. The Morgan fingerprint density at radius 2 is 2.28 bits per heavy atom. The summed E-state index contributed by atoms with van der Waals surface area (Å²) in [5, 5.41) is 3.40. The molecule has 1 heterocycles. The van der Waals surface area contributed by atoms with Crippen molar-refractivity contribution in [3.8, 4) is 0 Å². The predicted octanol–water partition coefficient (Wildman–Crippen LogP) is 1.17. The van der Waals surface area contributed by atoms with E-state index < -0.39 is 0 Å². The number of rotatable bonds is 4. The summed E-state index contributed by atoms with van der Waals surface area (Å²) in [5.74, 6) is -0.0641. The summed E-state index contributed by atoms with van der Waals surface area (Å²) in [6.07, 6.45) is 0. The van der Waals surface area contributed by atoms with Crippen LogP contribution in [0.15, 0.2) is 18.2 Å². The largest absolute Gasteiger partial charge is 0.375 e. The second-order valence-electron chi connectivity index (χ2n) is 4.29. The molecule has 0 aliphatic carbocycles. The van der Waals surface area contributed by atoms with Crippen molar-refractivity contribution < 1.29 is 4.79 Å². The van der Waals surface area contributed by atoms with E-state index in [1.54, 1.807) is 6.07 Å². The fourth-order valence-electron chi connectivity index (χ4n) is 1.58. The molecule has 0 unspecified atom stereocenters. The molecular weight excluding hydrogens is 248 g/mol. The maximum atomic E-state index is 11.9. The zero-order chi connectivity index (χ0) is 13.1. The lowest BCUT2D eigenvalue weighted by Gasteiger charge is -2.10. The number of nitrogens with two attached hydrogens (primary N) is 1.